The minimum absolute atomic E-state index is 0.145. The predicted molar refractivity (Wildman–Crippen MR) is 77.7 cm³/mol. The summed E-state index contributed by atoms with van der Waals surface area (Å²) in [5, 5.41) is 20.0. The maximum absolute atomic E-state index is 11.0. The second kappa shape index (κ2) is 6.04. The number of nitro benzene ring substituents is 1. The third-order valence-corrected chi connectivity index (χ3v) is 4.00. The Morgan fingerprint density at radius 3 is 2.65 bits per heavy atom. The maximum Gasteiger partial charge on any atom is 0.273 e. The Morgan fingerprint density at radius 1 is 1.35 bits per heavy atom. The fourth-order valence-electron chi connectivity index (χ4n) is 1.91. The van der Waals surface area contributed by atoms with E-state index in [0.717, 1.165) is 11.0 Å². The number of thioether (sulfide) groups is 1. The van der Waals surface area contributed by atoms with Crippen LogP contribution in [0.2, 0.25) is 0 Å². The summed E-state index contributed by atoms with van der Waals surface area (Å²) in [6.07, 6.45) is 0. The summed E-state index contributed by atoms with van der Waals surface area (Å²) >= 11 is 1.45. The standard InChI is InChI=1S/C13H16N4O2S/c1-9(2)12-14-15-13(16(12)3)20-8-10-6-4-5-7-11(10)17(18)19/h4-7,9H,8H2,1-3H3. The van der Waals surface area contributed by atoms with Crippen molar-refractivity contribution in [3.63, 3.8) is 0 Å². The van der Waals surface area contributed by atoms with Crippen LogP contribution in [-0.4, -0.2) is 19.7 Å². The van der Waals surface area contributed by atoms with Crippen molar-refractivity contribution in [1.82, 2.24) is 14.8 Å². The van der Waals surface area contributed by atoms with Crippen LogP contribution in [0.1, 0.15) is 31.2 Å². The van der Waals surface area contributed by atoms with E-state index in [2.05, 4.69) is 24.0 Å². The highest BCUT2D eigenvalue weighted by molar-refractivity contribution is 7.98. The molecular formula is C13H16N4O2S. The molecule has 0 bridgehead atoms. The molecule has 7 heteroatoms. The molecule has 0 N–H and O–H groups in total. The van der Waals surface area contributed by atoms with E-state index in [9.17, 15) is 10.1 Å². The Bertz CT molecular complexity index is 625. The smallest absolute Gasteiger partial charge is 0.273 e. The van der Waals surface area contributed by atoms with Gasteiger partial charge in [-0.25, -0.2) is 0 Å². The molecule has 0 saturated heterocycles. The van der Waals surface area contributed by atoms with Crippen molar-refractivity contribution in [2.45, 2.75) is 30.7 Å². The first-order valence-electron chi connectivity index (χ1n) is 6.25. The molecule has 0 radical (unpaired) electrons. The Kier molecular flexibility index (Phi) is 4.39. The molecular weight excluding hydrogens is 276 g/mol. The molecule has 6 nitrogen and oxygen atoms in total. The van der Waals surface area contributed by atoms with Crippen LogP contribution >= 0.6 is 11.8 Å². The highest BCUT2D eigenvalue weighted by Gasteiger charge is 2.16. The minimum Gasteiger partial charge on any atom is -0.309 e. The number of hydrogen-bond donors (Lipinski definition) is 0. The molecule has 0 fully saturated rings. The summed E-state index contributed by atoms with van der Waals surface area (Å²) in [6.45, 7) is 4.11. The lowest BCUT2D eigenvalue weighted by Crippen LogP contribution is -2.01. The Hall–Kier alpha value is -1.89. The van der Waals surface area contributed by atoms with Gasteiger partial charge in [-0.15, -0.1) is 10.2 Å². The molecule has 0 atom stereocenters. The highest BCUT2D eigenvalue weighted by Crippen LogP contribution is 2.27. The van der Waals surface area contributed by atoms with Gasteiger partial charge in [0.05, 0.1) is 4.92 Å². The Labute approximate surface area is 121 Å². The van der Waals surface area contributed by atoms with Crippen LogP contribution in [-0.2, 0) is 12.8 Å². The fraction of sp³-hybridized carbons (Fsp3) is 0.385. The van der Waals surface area contributed by atoms with Crippen molar-refractivity contribution in [1.29, 1.82) is 0 Å². The summed E-state index contributed by atoms with van der Waals surface area (Å²) in [7, 11) is 1.91. The molecule has 0 unspecified atom stereocenters. The zero-order valence-electron chi connectivity index (χ0n) is 11.6. The minimum atomic E-state index is -0.355. The summed E-state index contributed by atoms with van der Waals surface area (Å²) in [5.41, 5.74) is 0.836. The lowest BCUT2D eigenvalue weighted by molar-refractivity contribution is -0.385. The van der Waals surface area contributed by atoms with E-state index in [1.54, 1.807) is 18.2 Å². The zero-order chi connectivity index (χ0) is 14.7. The lowest BCUT2D eigenvalue weighted by Gasteiger charge is -2.06. The van der Waals surface area contributed by atoms with Crippen molar-refractivity contribution in [2.75, 3.05) is 0 Å². The van der Waals surface area contributed by atoms with E-state index < -0.39 is 0 Å². The van der Waals surface area contributed by atoms with E-state index in [4.69, 9.17) is 0 Å². The number of benzene rings is 1. The van der Waals surface area contributed by atoms with Crippen molar-refractivity contribution < 1.29 is 4.92 Å². The first kappa shape index (κ1) is 14.5. The van der Waals surface area contributed by atoms with Crippen LogP contribution in [0.4, 0.5) is 5.69 Å². The number of aromatic nitrogens is 3. The van der Waals surface area contributed by atoms with E-state index in [0.29, 0.717) is 17.2 Å². The van der Waals surface area contributed by atoms with Crippen LogP contribution in [0.15, 0.2) is 29.4 Å². The second-order valence-corrected chi connectivity index (χ2v) is 5.67. The van der Waals surface area contributed by atoms with Crippen LogP contribution < -0.4 is 0 Å². The summed E-state index contributed by atoms with van der Waals surface area (Å²) in [5.74, 6) is 1.71. The van der Waals surface area contributed by atoms with E-state index in [-0.39, 0.29) is 10.6 Å². The molecule has 2 rings (SSSR count). The van der Waals surface area contributed by atoms with Gasteiger partial charge in [0, 0.05) is 30.3 Å². The maximum atomic E-state index is 11.0. The largest absolute Gasteiger partial charge is 0.309 e. The molecule has 0 saturated carbocycles. The van der Waals surface area contributed by atoms with Gasteiger partial charge in [-0.3, -0.25) is 10.1 Å². The van der Waals surface area contributed by atoms with Gasteiger partial charge in [-0.1, -0.05) is 43.8 Å². The highest BCUT2D eigenvalue weighted by atomic mass is 32.2. The van der Waals surface area contributed by atoms with Gasteiger partial charge in [0.1, 0.15) is 5.82 Å². The molecule has 20 heavy (non-hydrogen) atoms. The topological polar surface area (TPSA) is 73.8 Å². The third kappa shape index (κ3) is 2.98. The van der Waals surface area contributed by atoms with Gasteiger partial charge in [-0.05, 0) is 0 Å². The summed E-state index contributed by atoms with van der Waals surface area (Å²) in [6, 6.07) is 6.77. The number of nitrogens with zero attached hydrogens (tertiary/aromatic N) is 4. The molecule has 0 amide bonds. The fourth-order valence-corrected chi connectivity index (χ4v) is 2.82. The SMILES string of the molecule is CC(C)c1nnc(SCc2ccccc2[N+](=O)[O-])n1C. The number of hydrogen-bond acceptors (Lipinski definition) is 5. The quantitative estimate of drug-likeness (QED) is 0.481. The van der Waals surface area contributed by atoms with Gasteiger partial charge in [0.2, 0.25) is 0 Å². The van der Waals surface area contributed by atoms with E-state index in [1.165, 1.54) is 17.8 Å². The van der Waals surface area contributed by atoms with Crippen molar-refractivity contribution in [3.8, 4) is 0 Å². The number of para-hydroxylation sites is 1. The van der Waals surface area contributed by atoms with Gasteiger partial charge < -0.3 is 4.57 Å². The lowest BCUT2D eigenvalue weighted by atomic mass is 10.2. The van der Waals surface area contributed by atoms with Gasteiger partial charge in [-0.2, -0.15) is 0 Å². The Morgan fingerprint density at radius 2 is 2.05 bits per heavy atom. The van der Waals surface area contributed by atoms with Crippen LogP contribution in [0.3, 0.4) is 0 Å². The monoisotopic (exact) mass is 292 g/mol. The average Bonchev–Trinajstić information content (AvgIpc) is 2.78. The normalized spacial score (nSPS) is 11.0. The molecule has 1 heterocycles. The zero-order valence-corrected chi connectivity index (χ0v) is 12.4. The van der Waals surface area contributed by atoms with Gasteiger partial charge >= 0.3 is 0 Å². The van der Waals surface area contributed by atoms with Crippen molar-refractivity contribution >= 4 is 17.4 Å². The summed E-state index contributed by atoms with van der Waals surface area (Å²) in [4.78, 5) is 10.6. The number of nitro groups is 1. The first-order valence-corrected chi connectivity index (χ1v) is 7.23. The first-order chi connectivity index (χ1) is 9.50. The molecule has 0 aliphatic heterocycles. The van der Waals surface area contributed by atoms with Gasteiger partial charge in [0.15, 0.2) is 5.16 Å². The summed E-state index contributed by atoms with van der Waals surface area (Å²) < 4.78 is 1.93. The number of rotatable bonds is 5. The Balaban J connectivity index is 2.15. The third-order valence-electron chi connectivity index (χ3n) is 2.93. The van der Waals surface area contributed by atoms with Crippen molar-refractivity contribution in [3.05, 3.63) is 45.8 Å². The molecule has 1 aromatic carbocycles. The van der Waals surface area contributed by atoms with Crippen molar-refractivity contribution in [2.24, 2.45) is 7.05 Å². The molecule has 0 aliphatic carbocycles. The van der Waals surface area contributed by atoms with Crippen LogP contribution in [0, 0.1) is 10.1 Å². The van der Waals surface area contributed by atoms with Crippen LogP contribution in [0.5, 0.6) is 0 Å². The molecule has 106 valence electrons. The molecule has 0 spiro atoms. The second-order valence-electron chi connectivity index (χ2n) is 4.73. The van der Waals surface area contributed by atoms with Gasteiger partial charge in [0.25, 0.3) is 5.69 Å². The average molecular weight is 292 g/mol. The molecule has 2 aromatic rings. The molecule has 0 aliphatic rings. The van der Waals surface area contributed by atoms with E-state index >= 15 is 0 Å². The predicted octanol–water partition coefficient (Wildman–Crippen LogP) is 3.14. The van der Waals surface area contributed by atoms with E-state index in [1.807, 2.05) is 11.6 Å². The van der Waals surface area contributed by atoms with Crippen LogP contribution in [0.25, 0.3) is 0 Å². The molecule has 1 aromatic heterocycles.